The first-order valence-electron chi connectivity index (χ1n) is 10.3. The lowest BCUT2D eigenvalue weighted by Gasteiger charge is -2.32. The van der Waals surface area contributed by atoms with E-state index in [1.807, 2.05) is 24.3 Å². The number of hydrogen-bond donors (Lipinski definition) is 1. The second-order valence-corrected chi connectivity index (χ2v) is 7.58. The Hall–Kier alpha value is -2.80. The zero-order valence-electron chi connectivity index (χ0n) is 17.2. The van der Waals surface area contributed by atoms with Crippen LogP contribution in [-0.2, 0) is 0 Å². The van der Waals surface area contributed by atoms with Crippen LogP contribution in [0.4, 0.5) is 14.6 Å². The number of alkyl halides is 2. The number of nitrogens with one attached hydrogen (secondary N) is 1. The number of rotatable bonds is 6. The molecule has 2 aromatic carbocycles. The number of ether oxygens (including phenoxy) is 1. The van der Waals surface area contributed by atoms with Crippen molar-refractivity contribution in [2.75, 3.05) is 32.1 Å². The van der Waals surface area contributed by atoms with Crippen molar-refractivity contribution in [1.29, 1.82) is 0 Å². The minimum Gasteiger partial charge on any atom is -0.496 e. The number of piperidine rings is 1. The van der Waals surface area contributed by atoms with Crippen molar-refractivity contribution >= 4 is 16.6 Å². The number of hydrogen-bond acceptors (Lipinski definition) is 5. The molecule has 3 aromatic rings. The van der Waals surface area contributed by atoms with Gasteiger partial charge in [-0.3, -0.25) is 0 Å². The topological polar surface area (TPSA) is 50.3 Å². The van der Waals surface area contributed by atoms with Gasteiger partial charge in [0.15, 0.2) is 5.82 Å². The summed E-state index contributed by atoms with van der Waals surface area (Å²) in [6.45, 7) is 5.34. The van der Waals surface area contributed by atoms with E-state index in [1.54, 1.807) is 6.07 Å². The second kappa shape index (κ2) is 8.92. The molecule has 1 fully saturated rings. The Morgan fingerprint density at radius 1 is 1.17 bits per heavy atom. The van der Waals surface area contributed by atoms with Gasteiger partial charge >= 0.3 is 0 Å². The van der Waals surface area contributed by atoms with Crippen LogP contribution in [0.2, 0.25) is 0 Å². The molecule has 0 aliphatic carbocycles. The van der Waals surface area contributed by atoms with E-state index in [1.165, 1.54) is 19.2 Å². The Morgan fingerprint density at radius 3 is 2.70 bits per heavy atom. The maximum Gasteiger partial charge on any atom is 0.263 e. The molecule has 2 heterocycles. The third kappa shape index (κ3) is 4.07. The molecule has 0 amide bonds. The summed E-state index contributed by atoms with van der Waals surface area (Å²) in [4.78, 5) is 2.43. The molecule has 5 nitrogen and oxygen atoms in total. The summed E-state index contributed by atoms with van der Waals surface area (Å²) in [6.07, 6.45) is -0.305. The van der Waals surface area contributed by atoms with Gasteiger partial charge in [-0.05, 0) is 38.1 Å². The van der Waals surface area contributed by atoms with Crippen LogP contribution >= 0.6 is 0 Å². The van der Waals surface area contributed by atoms with Gasteiger partial charge in [-0.2, -0.15) is 0 Å². The molecular weight excluding hydrogens is 386 g/mol. The van der Waals surface area contributed by atoms with E-state index >= 15 is 0 Å². The predicted octanol–water partition coefficient (Wildman–Crippen LogP) is 5.14. The van der Waals surface area contributed by atoms with E-state index in [2.05, 4.69) is 27.3 Å². The van der Waals surface area contributed by atoms with Gasteiger partial charge in [0.2, 0.25) is 0 Å². The van der Waals surface area contributed by atoms with Crippen LogP contribution < -0.4 is 10.1 Å². The average molecular weight is 412 g/mol. The van der Waals surface area contributed by atoms with Gasteiger partial charge in [0, 0.05) is 34.5 Å². The molecule has 7 heteroatoms. The van der Waals surface area contributed by atoms with Crippen LogP contribution in [0.25, 0.3) is 22.0 Å². The molecule has 1 aliphatic heterocycles. The molecule has 0 bridgehead atoms. The highest BCUT2D eigenvalue weighted by atomic mass is 19.3. The zero-order valence-corrected chi connectivity index (χ0v) is 17.2. The number of likely N-dealkylation sites (tertiary alicyclic amines) is 1. The minimum atomic E-state index is -2.56. The zero-order chi connectivity index (χ0) is 21.1. The van der Waals surface area contributed by atoms with Gasteiger partial charge in [0.05, 0.1) is 7.11 Å². The second-order valence-electron chi connectivity index (χ2n) is 7.58. The SMILES string of the molecule is CCN1CCC[C@@H](Nc2nnc(-c3ccc(C(F)F)cc3OC)c3ccccc23)C1. The van der Waals surface area contributed by atoms with Crippen molar-refractivity contribution in [2.45, 2.75) is 32.2 Å². The van der Waals surface area contributed by atoms with Crippen LogP contribution in [0, 0.1) is 0 Å². The maximum absolute atomic E-state index is 13.1. The highest BCUT2D eigenvalue weighted by Crippen LogP contribution is 2.37. The number of benzene rings is 2. The molecular formula is C23H26F2N4O. The first-order chi connectivity index (χ1) is 14.6. The van der Waals surface area contributed by atoms with Crippen molar-refractivity contribution in [3.05, 3.63) is 48.0 Å². The number of halogens is 2. The number of methoxy groups -OCH3 is 1. The molecule has 0 spiro atoms. The highest BCUT2D eigenvalue weighted by Gasteiger charge is 2.21. The first kappa shape index (κ1) is 20.5. The van der Waals surface area contributed by atoms with Crippen molar-refractivity contribution in [2.24, 2.45) is 0 Å². The molecule has 1 atom stereocenters. The van der Waals surface area contributed by atoms with Crippen LogP contribution in [-0.4, -0.2) is 47.9 Å². The lowest BCUT2D eigenvalue weighted by atomic mass is 10.0. The minimum absolute atomic E-state index is 0.0797. The average Bonchev–Trinajstić information content (AvgIpc) is 2.79. The Bertz CT molecular complexity index is 1030. The Labute approximate surface area is 175 Å². The van der Waals surface area contributed by atoms with Crippen molar-refractivity contribution in [3.63, 3.8) is 0 Å². The number of nitrogens with zero attached hydrogens (tertiary/aromatic N) is 3. The summed E-state index contributed by atoms with van der Waals surface area (Å²) in [5.41, 5.74) is 1.18. The highest BCUT2D eigenvalue weighted by molar-refractivity contribution is 6.01. The molecule has 1 saturated heterocycles. The molecule has 30 heavy (non-hydrogen) atoms. The molecule has 0 saturated carbocycles. The van der Waals surface area contributed by atoms with E-state index in [4.69, 9.17) is 4.74 Å². The third-order valence-electron chi connectivity index (χ3n) is 5.71. The lowest BCUT2D eigenvalue weighted by Crippen LogP contribution is -2.42. The summed E-state index contributed by atoms with van der Waals surface area (Å²) >= 11 is 0. The summed E-state index contributed by atoms with van der Waals surface area (Å²) in [5, 5.41) is 14.4. The molecule has 0 radical (unpaired) electrons. The Morgan fingerprint density at radius 2 is 1.97 bits per heavy atom. The summed E-state index contributed by atoms with van der Waals surface area (Å²) in [7, 11) is 1.47. The standard InChI is InChI=1S/C23H26F2N4O/c1-3-29-12-6-7-16(14-29)26-23-18-9-5-4-8-17(18)21(27-28-23)19-11-10-15(22(24)25)13-20(19)30-2/h4-5,8-11,13,16,22H,3,6-7,12,14H2,1-2H3,(H,26,28)/t16-/m1/s1. The van der Waals surface area contributed by atoms with Gasteiger partial charge in [-0.15, -0.1) is 10.2 Å². The third-order valence-corrected chi connectivity index (χ3v) is 5.71. The number of likely N-dealkylation sites (N-methyl/N-ethyl adjacent to an activating group) is 1. The molecule has 4 rings (SSSR count). The van der Waals surface area contributed by atoms with E-state index in [0.717, 1.165) is 49.1 Å². The summed E-state index contributed by atoms with van der Waals surface area (Å²) in [5.74, 6) is 1.11. The quantitative estimate of drug-likeness (QED) is 0.608. The summed E-state index contributed by atoms with van der Waals surface area (Å²) in [6, 6.07) is 12.6. The van der Waals surface area contributed by atoms with Gasteiger partial charge in [0.1, 0.15) is 11.4 Å². The molecule has 1 aliphatic rings. The largest absolute Gasteiger partial charge is 0.496 e. The van der Waals surface area contributed by atoms with Gasteiger partial charge in [0.25, 0.3) is 6.43 Å². The summed E-state index contributed by atoms with van der Waals surface area (Å²) < 4.78 is 31.6. The van der Waals surface area contributed by atoms with E-state index in [9.17, 15) is 8.78 Å². The fourth-order valence-corrected chi connectivity index (χ4v) is 4.10. The van der Waals surface area contributed by atoms with Crippen molar-refractivity contribution < 1.29 is 13.5 Å². The molecule has 1 N–H and O–H groups in total. The number of fused-ring (bicyclic) bond motifs is 1. The van der Waals surface area contributed by atoms with E-state index in [-0.39, 0.29) is 5.56 Å². The van der Waals surface area contributed by atoms with E-state index in [0.29, 0.717) is 23.0 Å². The fourth-order valence-electron chi connectivity index (χ4n) is 4.10. The Balaban J connectivity index is 1.73. The van der Waals surface area contributed by atoms with Gasteiger partial charge in [-0.1, -0.05) is 37.3 Å². The van der Waals surface area contributed by atoms with E-state index < -0.39 is 6.43 Å². The number of anilines is 1. The van der Waals surface area contributed by atoms with Crippen LogP contribution in [0.15, 0.2) is 42.5 Å². The Kier molecular flexibility index (Phi) is 6.08. The lowest BCUT2D eigenvalue weighted by molar-refractivity contribution is 0.151. The fraction of sp³-hybridized carbons (Fsp3) is 0.391. The van der Waals surface area contributed by atoms with Gasteiger partial charge < -0.3 is 15.0 Å². The normalized spacial score (nSPS) is 17.4. The van der Waals surface area contributed by atoms with Gasteiger partial charge in [-0.25, -0.2) is 8.78 Å². The first-order valence-corrected chi connectivity index (χ1v) is 10.3. The molecule has 1 aromatic heterocycles. The molecule has 0 unspecified atom stereocenters. The van der Waals surface area contributed by atoms with Crippen LogP contribution in [0.5, 0.6) is 5.75 Å². The van der Waals surface area contributed by atoms with Crippen LogP contribution in [0.1, 0.15) is 31.8 Å². The maximum atomic E-state index is 13.1. The van der Waals surface area contributed by atoms with Crippen LogP contribution in [0.3, 0.4) is 0 Å². The van der Waals surface area contributed by atoms with Crippen molar-refractivity contribution in [1.82, 2.24) is 15.1 Å². The smallest absolute Gasteiger partial charge is 0.263 e. The predicted molar refractivity (Wildman–Crippen MR) is 115 cm³/mol. The monoisotopic (exact) mass is 412 g/mol. The number of aromatic nitrogens is 2. The van der Waals surface area contributed by atoms with Crippen molar-refractivity contribution in [3.8, 4) is 17.0 Å². The molecule has 158 valence electrons.